The minimum atomic E-state index is -0.941. The average molecular weight is 310 g/mol. The van der Waals surface area contributed by atoms with E-state index in [0.717, 1.165) is 24.2 Å². The largest absolute Gasteiger partial charge is 0.478 e. The summed E-state index contributed by atoms with van der Waals surface area (Å²) >= 11 is 1.80. The summed E-state index contributed by atoms with van der Waals surface area (Å²) in [4.78, 5) is 22.6. The van der Waals surface area contributed by atoms with E-state index in [1.54, 1.807) is 36.0 Å². The smallest absolute Gasteiger partial charge is 0.335 e. The summed E-state index contributed by atoms with van der Waals surface area (Å²) < 4.78 is 0. The number of nitrogens with one attached hydrogen (secondary N) is 2. The van der Waals surface area contributed by atoms with E-state index >= 15 is 0 Å². The maximum Gasteiger partial charge on any atom is 0.335 e. The SMILES string of the molecule is CSCCCCNC(=O)NCCc1ccccc1C(=O)O. The fourth-order valence-corrected chi connectivity index (χ4v) is 2.39. The fourth-order valence-electron chi connectivity index (χ4n) is 1.89. The van der Waals surface area contributed by atoms with Crippen LogP contribution < -0.4 is 10.6 Å². The molecule has 116 valence electrons. The van der Waals surface area contributed by atoms with Gasteiger partial charge in [0.15, 0.2) is 0 Å². The van der Waals surface area contributed by atoms with E-state index < -0.39 is 5.97 Å². The van der Waals surface area contributed by atoms with Crippen LogP contribution in [0.2, 0.25) is 0 Å². The Balaban J connectivity index is 2.24. The minimum Gasteiger partial charge on any atom is -0.478 e. The highest BCUT2D eigenvalue weighted by molar-refractivity contribution is 7.98. The molecular formula is C15H22N2O3S. The molecule has 1 aromatic rings. The standard InChI is InChI=1S/C15H22N2O3S/c1-21-11-5-4-9-16-15(20)17-10-8-12-6-2-3-7-13(12)14(18)19/h2-3,6-7H,4-5,8-11H2,1H3,(H,18,19)(H2,16,17,20). The zero-order valence-corrected chi connectivity index (χ0v) is 13.0. The van der Waals surface area contributed by atoms with Crippen LogP contribution in [0.25, 0.3) is 0 Å². The lowest BCUT2D eigenvalue weighted by atomic mass is 10.0. The molecule has 0 fully saturated rings. The number of unbranched alkanes of at least 4 members (excludes halogenated alkanes) is 1. The minimum absolute atomic E-state index is 0.202. The van der Waals surface area contributed by atoms with Gasteiger partial charge in [-0.15, -0.1) is 0 Å². The van der Waals surface area contributed by atoms with Gasteiger partial charge in [0, 0.05) is 13.1 Å². The molecular weight excluding hydrogens is 288 g/mol. The van der Waals surface area contributed by atoms with Crippen LogP contribution >= 0.6 is 11.8 Å². The molecule has 1 aromatic carbocycles. The first-order chi connectivity index (χ1) is 10.1. The molecule has 21 heavy (non-hydrogen) atoms. The lowest BCUT2D eigenvalue weighted by Crippen LogP contribution is -2.37. The lowest BCUT2D eigenvalue weighted by Gasteiger charge is -2.09. The van der Waals surface area contributed by atoms with Gasteiger partial charge in [-0.05, 0) is 42.9 Å². The fraction of sp³-hybridized carbons (Fsp3) is 0.467. The van der Waals surface area contributed by atoms with Crippen LogP contribution in [0.15, 0.2) is 24.3 Å². The Labute approximate surface area is 129 Å². The second-order valence-electron chi connectivity index (χ2n) is 4.59. The summed E-state index contributed by atoms with van der Waals surface area (Å²) in [6.07, 6.45) is 4.63. The molecule has 2 amide bonds. The summed E-state index contributed by atoms with van der Waals surface area (Å²) in [7, 11) is 0. The Morgan fingerprint density at radius 2 is 1.86 bits per heavy atom. The summed E-state index contributed by atoms with van der Waals surface area (Å²) in [6.45, 7) is 1.08. The maximum absolute atomic E-state index is 11.5. The van der Waals surface area contributed by atoms with Gasteiger partial charge in [-0.3, -0.25) is 0 Å². The van der Waals surface area contributed by atoms with Crippen molar-refractivity contribution in [1.82, 2.24) is 10.6 Å². The lowest BCUT2D eigenvalue weighted by molar-refractivity contribution is 0.0695. The highest BCUT2D eigenvalue weighted by Crippen LogP contribution is 2.08. The van der Waals surface area contributed by atoms with Crippen molar-refractivity contribution in [2.24, 2.45) is 0 Å². The summed E-state index contributed by atoms with van der Waals surface area (Å²) in [5, 5.41) is 14.6. The van der Waals surface area contributed by atoms with E-state index in [9.17, 15) is 9.59 Å². The van der Waals surface area contributed by atoms with Gasteiger partial charge in [-0.1, -0.05) is 18.2 Å². The molecule has 0 atom stereocenters. The van der Waals surface area contributed by atoms with Gasteiger partial charge >= 0.3 is 12.0 Å². The van der Waals surface area contributed by atoms with Crippen LogP contribution in [0.1, 0.15) is 28.8 Å². The van der Waals surface area contributed by atoms with Crippen LogP contribution in [-0.4, -0.2) is 42.2 Å². The molecule has 0 aliphatic heterocycles. The van der Waals surface area contributed by atoms with Gasteiger partial charge in [0.2, 0.25) is 0 Å². The van der Waals surface area contributed by atoms with Crippen molar-refractivity contribution in [3.63, 3.8) is 0 Å². The zero-order valence-electron chi connectivity index (χ0n) is 12.2. The molecule has 0 unspecified atom stereocenters. The van der Waals surface area contributed by atoms with E-state index in [2.05, 4.69) is 16.9 Å². The van der Waals surface area contributed by atoms with Gasteiger partial charge in [0.25, 0.3) is 0 Å². The number of urea groups is 1. The summed E-state index contributed by atoms with van der Waals surface area (Å²) in [5.41, 5.74) is 1.02. The van der Waals surface area contributed by atoms with Crippen LogP contribution in [0.5, 0.6) is 0 Å². The number of carbonyl (C=O) groups excluding carboxylic acids is 1. The number of rotatable bonds is 9. The molecule has 0 aliphatic carbocycles. The molecule has 0 spiro atoms. The second kappa shape index (κ2) is 10.1. The van der Waals surface area contributed by atoms with Crippen molar-refractivity contribution < 1.29 is 14.7 Å². The molecule has 6 heteroatoms. The number of thioether (sulfide) groups is 1. The Bertz CT molecular complexity index is 466. The van der Waals surface area contributed by atoms with E-state index in [1.807, 2.05) is 0 Å². The van der Waals surface area contributed by atoms with Crippen molar-refractivity contribution in [3.8, 4) is 0 Å². The summed E-state index contributed by atoms with van der Waals surface area (Å²) in [6, 6.07) is 6.64. The molecule has 1 rings (SSSR count). The number of hydrogen-bond acceptors (Lipinski definition) is 3. The van der Waals surface area contributed by atoms with Crippen molar-refractivity contribution in [3.05, 3.63) is 35.4 Å². The molecule has 0 saturated carbocycles. The van der Waals surface area contributed by atoms with Crippen LogP contribution in [0, 0.1) is 0 Å². The first-order valence-corrected chi connectivity index (χ1v) is 8.36. The number of carbonyl (C=O) groups is 2. The maximum atomic E-state index is 11.5. The van der Waals surface area contributed by atoms with E-state index in [4.69, 9.17) is 5.11 Å². The molecule has 0 radical (unpaired) electrons. The topological polar surface area (TPSA) is 78.4 Å². The van der Waals surface area contributed by atoms with Crippen molar-refractivity contribution in [2.75, 3.05) is 25.1 Å². The first kappa shape index (κ1) is 17.4. The molecule has 0 aliphatic rings. The van der Waals surface area contributed by atoms with E-state index in [-0.39, 0.29) is 11.6 Å². The molecule has 0 aromatic heterocycles. The number of amides is 2. The van der Waals surface area contributed by atoms with Gasteiger partial charge in [0.1, 0.15) is 0 Å². The molecule has 0 heterocycles. The van der Waals surface area contributed by atoms with Crippen LogP contribution in [0.4, 0.5) is 4.79 Å². The molecule has 5 nitrogen and oxygen atoms in total. The van der Waals surface area contributed by atoms with Gasteiger partial charge < -0.3 is 15.7 Å². The van der Waals surface area contributed by atoms with Crippen molar-refractivity contribution >= 4 is 23.8 Å². The molecule has 0 saturated heterocycles. The zero-order chi connectivity index (χ0) is 15.5. The Kier molecular flexibility index (Phi) is 8.35. The first-order valence-electron chi connectivity index (χ1n) is 6.97. The number of carboxylic acid groups (broad SMARTS) is 1. The number of aromatic carboxylic acids is 1. The predicted octanol–water partition coefficient (Wildman–Crippen LogP) is 2.37. The van der Waals surface area contributed by atoms with Gasteiger partial charge in [-0.25, -0.2) is 9.59 Å². The highest BCUT2D eigenvalue weighted by Gasteiger charge is 2.08. The Morgan fingerprint density at radius 3 is 2.57 bits per heavy atom. The highest BCUT2D eigenvalue weighted by atomic mass is 32.2. The Morgan fingerprint density at radius 1 is 1.14 bits per heavy atom. The average Bonchev–Trinajstić information content (AvgIpc) is 2.47. The second-order valence-corrected chi connectivity index (χ2v) is 5.58. The monoisotopic (exact) mass is 310 g/mol. The molecule has 3 N–H and O–H groups in total. The van der Waals surface area contributed by atoms with E-state index in [0.29, 0.717) is 19.5 Å². The van der Waals surface area contributed by atoms with E-state index in [1.165, 1.54) is 0 Å². The number of hydrogen-bond donors (Lipinski definition) is 3. The number of carboxylic acids is 1. The van der Waals surface area contributed by atoms with Crippen molar-refractivity contribution in [2.45, 2.75) is 19.3 Å². The summed E-state index contributed by atoms with van der Waals surface area (Å²) in [5.74, 6) is 0.166. The third kappa shape index (κ3) is 7.04. The number of benzene rings is 1. The third-order valence-electron chi connectivity index (χ3n) is 2.99. The molecule has 0 bridgehead atoms. The van der Waals surface area contributed by atoms with Crippen LogP contribution in [0.3, 0.4) is 0 Å². The van der Waals surface area contributed by atoms with Crippen LogP contribution in [-0.2, 0) is 6.42 Å². The third-order valence-corrected chi connectivity index (χ3v) is 3.69. The van der Waals surface area contributed by atoms with Gasteiger partial charge in [0.05, 0.1) is 5.56 Å². The van der Waals surface area contributed by atoms with Crippen molar-refractivity contribution in [1.29, 1.82) is 0 Å². The quantitative estimate of drug-likeness (QED) is 0.612. The van der Waals surface area contributed by atoms with Gasteiger partial charge in [-0.2, -0.15) is 11.8 Å². The Hall–Kier alpha value is -1.69. The normalized spacial score (nSPS) is 10.1. The predicted molar refractivity (Wildman–Crippen MR) is 86.1 cm³/mol.